The quantitative estimate of drug-likeness (QED) is 0.855. The van der Waals surface area contributed by atoms with E-state index in [9.17, 15) is 0 Å². The molecule has 0 spiro atoms. The van der Waals surface area contributed by atoms with Crippen LogP contribution in [0.15, 0.2) is 41.3 Å². The summed E-state index contributed by atoms with van der Waals surface area (Å²) in [5, 5.41) is 3.31. The van der Waals surface area contributed by atoms with Crippen LogP contribution in [0.3, 0.4) is 0 Å². The average Bonchev–Trinajstić information content (AvgIpc) is 2.83. The first-order valence-electron chi connectivity index (χ1n) is 5.60. The van der Waals surface area contributed by atoms with Crippen LogP contribution in [0, 0.1) is 0 Å². The molecule has 0 saturated heterocycles. The molecule has 4 nitrogen and oxygen atoms in total. The van der Waals surface area contributed by atoms with Crippen molar-refractivity contribution in [3.05, 3.63) is 48.2 Å². The molecular formula is C13H17N3O. The molecule has 0 saturated carbocycles. The zero-order valence-electron chi connectivity index (χ0n) is 10.2. The number of benzene rings is 1. The molecule has 0 aliphatic carbocycles. The fraction of sp³-hybridized carbons (Fsp3) is 0.308. The summed E-state index contributed by atoms with van der Waals surface area (Å²) in [6.07, 6.45) is 3.17. The Bertz CT molecular complexity index is 434. The molecule has 0 aliphatic rings. The van der Waals surface area contributed by atoms with Crippen molar-refractivity contribution in [1.82, 2.24) is 10.3 Å². The van der Waals surface area contributed by atoms with Crippen LogP contribution >= 0.6 is 0 Å². The average molecular weight is 231 g/mol. The van der Waals surface area contributed by atoms with E-state index in [-0.39, 0.29) is 0 Å². The number of nitrogens with zero attached hydrogens (tertiary/aromatic N) is 2. The highest BCUT2D eigenvalue weighted by molar-refractivity contribution is 5.45. The van der Waals surface area contributed by atoms with E-state index in [1.54, 1.807) is 6.20 Å². The van der Waals surface area contributed by atoms with Crippen LogP contribution < -0.4 is 10.2 Å². The van der Waals surface area contributed by atoms with Gasteiger partial charge < -0.3 is 14.6 Å². The van der Waals surface area contributed by atoms with Gasteiger partial charge in [-0.1, -0.05) is 12.1 Å². The minimum atomic E-state index is 0.704. The lowest BCUT2D eigenvalue weighted by molar-refractivity contribution is 0.479. The number of nitrogens with one attached hydrogen (secondary N) is 1. The molecule has 4 heteroatoms. The Morgan fingerprint density at radius 1 is 1.18 bits per heavy atom. The van der Waals surface area contributed by atoms with Gasteiger partial charge in [0.25, 0.3) is 0 Å². The molecular weight excluding hydrogens is 214 g/mol. The predicted molar refractivity (Wildman–Crippen MR) is 67.8 cm³/mol. The first-order chi connectivity index (χ1) is 8.25. The van der Waals surface area contributed by atoms with Crippen molar-refractivity contribution in [3.63, 3.8) is 0 Å². The minimum absolute atomic E-state index is 0.704. The Balaban J connectivity index is 1.83. The van der Waals surface area contributed by atoms with E-state index < -0.39 is 0 Å². The van der Waals surface area contributed by atoms with Gasteiger partial charge in [-0.15, -0.1) is 0 Å². The highest BCUT2D eigenvalue weighted by Crippen LogP contribution is 2.12. The number of aromatic nitrogens is 1. The Kier molecular flexibility index (Phi) is 3.77. The summed E-state index contributed by atoms with van der Waals surface area (Å²) in [6, 6.07) is 8.49. The number of hydrogen-bond donors (Lipinski definition) is 1. The third-order valence-electron chi connectivity index (χ3n) is 2.56. The highest BCUT2D eigenvalue weighted by atomic mass is 16.3. The maximum absolute atomic E-state index is 5.14. The van der Waals surface area contributed by atoms with E-state index in [4.69, 9.17) is 4.42 Å². The van der Waals surface area contributed by atoms with E-state index in [1.807, 2.05) is 14.1 Å². The van der Waals surface area contributed by atoms with Crippen molar-refractivity contribution in [1.29, 1.82) is 0 Å². The van der Waals surface area contributed by atoms with Crippen molar-refractivity contribution in [2.24, 2.45) is 0 Å². The van der Waals surface area contributed by atoms with Crippen LogP contribution in [0.4, 0.5) is 5.69 Å². The van der Waals surface area contributed by atoms with E-state index >= 15 is 0 Å². The van der Waals surface area contributed by atoms with Gasteiger partial charge in [0.1, 0.15) is 5.76 Å². The van der Waals surface area contributed by atoms with Crippen molar-refractivity contribution < 1.29 is 4.42 Å². The van der Waals surface area contributed by atoms with Crippen molar-refractivity contribution in [2.45, 2.75) is 13.1 Å². The van der Waals surface area contributed by atoms with Gasteiger partial charge in [-0.2, -0.15) is 0 Å². The van der Waals surface area contributed by atoms with Crippen LogP contribution in [0.2, 0.25) is 0 Å². The molecule has 2 aromatic rings. The van der Waals surface area contributed by atoms with Crippen LogP contribution in [0.1, 0.15) is 11.3 Å². The number of hydrogen-bond acceptors (Lipinski definition) is 4. The van der Waals surface area contributed by atoms with Crippen molar-refractivity contribution >= 4 is 5.69 Å². The zero-order chi connectivity index (χ0) is 12.1. The normalized spacial score (nSPS) is 10.5. The SMILES string of the molecule is CN(C)c1ccc(CNCc2cnco2)cc1. The lowest BCUT2D eigenvalue weighted by Gasteiger charge is -2.12. The summed E-state index contributed by atoms with van der Waals surface area (Å²) < 4.78 is 5.14. The van der Waals surface area contributed by atoms with E-state index in [0.717, 1.165) is 12.3 Å². The number of oxazole rings is 1. The summed E-state index contributed by atoms with van der Waals surface area (Å²) in [7, 11) is 4.08. The van der Waals surface area contributed by atoms with Crippen molar-refractivity contribution in [3.8, 4) is 0 Å². The van der Waals surface area contributed by atoms with Gasteiger partial charge in [0.15, 0.2) is 6.39 Å². The Labute approximate surface area is 101 Å². The van der Waals surface area contributed by atoms with E-state index in [2.05, 4.69) is 39.5 Å². The monoisotopic (exact) mass is 231 g/mol. The molecule has 90 valence electrons. The Morgan fingerprint density at radius 2 is 1.94 bits per heavy atom. The molecule has 1 heterocycles. The molecule has 0 unspecified atom stereocenters. The van der Waals surface area contributed by atoms with Crippen molar-refractivity contribution in [2.75, 3.05) is 19.0 Å². The standard InChI is InChI=1S/C13H17N3O/c1-16(2)12-5-3-11(4-6-12)7-14-8-13-9-15-10-17-13/h3-6,9-10,14H,7-8H2,1-2H3. The second kappa shape index (κ2) is 5.50. The maximum atomic E-state index is 5.14. The summed E-state index contributed by atoms with van der Waals surface area (Å²) in [4.78, 5) is 5.96. The summed E-state index contributed by atoms with van der Waals surface area (Å²) in [5.74, 6) is 0.856. The molecule has 0 atom stereocenters. The maximum Gasteiger partial charge on any atom is 0.180 e. The molecule has 1 aromatic carbocycles. The lowest BCUT2D eigenvalue weighted by Crippen LogP contribution is -2.12. The first-order valence-corrected chi connectivity index (χ1v) is 5.60. The zero-order valence-corrected chi connectivity index (χ0v) is 10.2. The molecule has 0 amide bonds. The fourth-order valence-electron chi connectivity index (χ4n) is 1.57. The molecule has 0 radical (unpaired) electrons. The lowest BCUT2D eigenvalue weighted by atomic mass is 10.2. The van der Waals surface area contributed by atoms with Crippen LogP contribution in [-0.2, 0) is 13.1 Å². The smallest absolute Gasteiger partial charge is 0.180 e. The largest absolute Gasteiger partial charge is 0.447 e. The first kappa shape index (κ1) is 11.7. The van der Waals surface area contributed by atoms with Gasteiger partial charge >= 0.3 is 0 Å². The third kappa shape index (κ3) is 3.32. The number of rotatable bonds is 5. The van der Waals surface area contributed by atoms with Gasteiger partial charge in [-0.3, -0.25) is 0 Å². The van der Waals surface area contributed by atoms with Crippen LogP contribution in [-0.4, -0.2) is 19.1 Å². The van der Waals surface area contributed by atoms with E-state index in [0.29, 0.717) is 6.54 Å². The highest BCUT2D eigenvalue weighted by Gasteiger charge is 1.98. The van der Waals surface area contributed by atoms with Crippen LogP contribution in [0.5, 0.6) is 0 Å². The Hall–Kier alpha value is -1.81. The summed E-state index contributed by atoms with van der Waals surface area (Å²) in [6.45, 7) is 1.53. The minimum Gasteiger partial charge on any atom is -0.447 e. The molecule has 17 heavy (non-hydrogen) atoms. The predicted octanol–water partition coefficient (Wildman–Crippen LogP) is 2.03. The Morgan fingerprint density at radius 3 is 2.53 bits per heavy atom. The van der Waals surface area contributed by atoms with Crippen LogP contribution in [0.25, 0.3) is 0 Å². The number of anilines is 1. The molecule has 0 bridgehead atoms. The topological polar surface area (TPSA) is 41.3 Å². The summed E-state index contributed by atoms with van der Waals surface area (Å²) in [5.41, 5.74) is 2.47. The third-order valence-corrected chi connectivity index (χ3v) is 2.56. The summed E-state index contributed by atoms with van der Waals surface area (Å²) >= 11 is 0. The van der Waals surface area contributed by atoms with Gasteiger partial charge in [0.2, 0.25) is 0 Å². The molecule has 0 fully saturated rings. The van der Waals surface area contributed by atoms with Gasteiger partial charge in [-0.05, 0) is 17.7 Å². The molecule has 1 aromatic heterocycles. The van der Waals surface area contributed by atoms with Gasteiger partial charge in [-0.25, -0.2) is 4.98 Å². The van der Waals surface area contributed by atoms with Gasteiger partial charge in [0, 0.05) is 26.3 Å². The molecule has 2 rings (SSSR count). The second-order valence-electron chi connectivity index (χ2n) is 4.13. The fourth-order valence-corrected chi connectivity index (χ4v) is 1.57. The molecule has 0 aliphatic heterocycles. The van der Waals surface area contributed by atoms with Gasteiger partial charge in [0.05, 0.1) is 12.7 Å². The second-order valence-corrected chi connectivity index (χ2v) is 4.13. The van der Waals surface area contributed by atoms with E-state index in [1.165, 1.54) is 17.6 Å². The molecule has 1 N–H and O–H groups in total.